The summed E-state index contributed by atoms with van der Waals surface area (Å²) in [4.78, 5) is 9.60. The van der Waals surface area contributed by atoms with Crippen molar-refractivity contribution in [1.82, 2.24) is 10.6 Å². The first-order valence-electron chi connectivity index (χ1n) is 7.66. The predicted molar refractivity (Wildman–Crippen MR) is 86.4 cm³/mol. The zero-order valence-corrected chi connectivity index (χ0v) is 13.6. The second-order valence-corrected chi connectivity index (χ2v) is 6.31. The fourth-order valence-corrected chi connectivity index (χ4v) is 2.04. The Balaban J connectivity index is 0.000000295. The average molecular weight is 310 g/mol. The van der Waals surface area contributed by atoms with Crippen LogP contribution >= 0.6 is 0 Å². The first kappa shape index (κ1) is 18.6. The van der Waals surface area contributed by atoms with Gasteiger partial charge in [0.2, 0.25) is 0 Å². The van der Waals surface area contributed by atoms with Crippen molar-refractivity contribution in [1.29, 1.82) is 0 Å². The second-order valence-electron chi connectivity index (χ2n) is 6.31. The van der Waals surface area contributed by atoms with E-state index in [2.05, 4.69) is 27.5 Å². The van der Waals surface area contributed by atoms with Gasteiger partial charge in [0.1, 0.15) is 11.8 Å². The van der Waals surface area contributed by atoms with Crippen LogP contribution in [0.25, 0.3) is 0 Å². The van der Waals surface area contributed by atoms with Crippen LogP contribution in [0.1, 0.15) is 32.8 Å². The van der Waals surface area contributed by atoms with Crippen LogP contribution in [0.3, 0.4) is 0 Å². The van der Waals surface area contributed by atoms with Crippen LogP contribution in [-0.4, -0.2) is 37.4 Å². The topological polar surface area (TPSA) is 50.4 Å². The van der Waals surface area contributed by atoms with Crippen molar-refractivity contribution in [2.75, 3.05) is 13.1 Å². The first-order valence-corrected chi connectivity index (χ1v) is 7.66. The van der Waals surface area contributed by atoms with Crippen molar-refractivity contribution in [3.05, 3.63) is 35.9 Å². The summed E-state index contributed by atoms with van der Waals surface area (Å²) in [7, 11) is 0. The highest BCUT2D eigenvalue weighted by Crippen LogP contribution is 2.08. The van der Waals surface area contributed by atoms with E-state index in [4.69, 9.17) is 0 Å². The highest BCUT2D eigenvalue weighted by atomic mass is 19.1. The average Bonchev–Trinajstić information content (AvgIpc) is 2.47. The van der Waals surface area contributed by atoms with Crippen molar-refractivity contribution in [3.63, 3.8) is 0 Å². The lowest BCUT2D eigenvalue weighted by Gasteiger charge is -2.27. The van der Waals surface area contributed by atoms with Crippen LogP contribution < -0.4 is 10.6 Å². The SMILES string of the molecule is CC(C)(C)OC=O.F[C@@H]1CNCC[C@@H]1NCc1ccccc1. The third-order valence-electron chi connectivity index (χ3n) is 3.22. The molecule has 0 radical (unpaired) electrons. The molecule has 1 saturated heterocycles. The van der Waals surface area contributed by atoms with Gasteiger partial charge in [0, 0.05) is 19.1 Å². The molecule has 124 valence electrons. The van der Waals surface area contributed by atoms with Gasteiger partial charge < -0.3 is 15.4 Å². The van der Waals surface area contributed by atoms with Crippen molar-refractivity contribution < 1.29 is 13.9 Å². The molecule has 1 heterocycles. The van der Waals surface area contributed by atoms with E-state index in [1.807, 2.05) is 39.0 Å². The van der Waals surface area contributed by atoms with Crippen LogP contribution in [0.4, 0.5) is 4.39 Å². The molecule has 5 heteroatoms. The lowest BCUT2D eigenvalue weighted by Crippen LogP contribution is -2.48. The molecule has 0 unspecified atom stereocenters. The third-order valence-corrected chi connectivity index (χ3v) is 3.22. The summed E-state index contributed by atoms with van der Waals surface area (Å²) in [6.07, 6.45) is 0.107. The van der Waals surface area contributed by atoms with E-state index in [1.165, 1.54) is 5.56 Å². The van der Waals surface area contributed by atoms with Gasteiger partial charge in [-0.1, -0.05) is 30.3 Å². The Morgan fingerprint density at radius 3 is 2.55 bits per heavy atom. The standard InChI is InChI=1S/C12H17FN2.C5H10O2/c13-11-9-14-7-6-12(11)15-8-10-4-2-1-3-5-10;1-5(2,3)7-4-6/h1-5,11-12,14-15H,6-9H2;4H,1-3H3/t11-,12+;/m1./s1. The molecule has 1 aliphatic heterocycles. The Kier molecular flexibility index (Phi) is 8.06. The molecule has 2 rings (SSSR count). The molecular weight excluding hydrogens is 283 g/mol. The molecule has 22 heavy (non-hydrogen) atoms. The highest BCUT2D eigenvalue weighted by Gasteiger charge is 2.23. The Morgan fingerprint density at radius 1 is 1.36 bits per heavy atom. The normalized spacial score (nSPS) is 21.5. The van der Waals surface area contributed by atoms with Gasteiger partial charge >= 0.3 is 0 Å². The number of benzene rings is 1. The fourth-order valence-electron chi connectivity index (χ4n) is 2.04. The summed E-state index contributed by atoms with van der Waals surface area (Å²) < 4.78 is 18.0. The number of hydrogen-bond acceptors (Lipinski definition) is 4. The van der Waals surface area contributed by atoms with Gasteiger partial charge in [-0.05, 0) is 39.3 Å². The summed E-state index contributed by atoms with van der Waals surface area (Å²) in [5.74, 6) is 0. The van der Waals surface area contributed by atoms with E-state index in [-0.39, 0.29) is 11.6 Å². The number of carbonyl (C=O) groups excluding carboxylic acids is 1. The summed E-state index contributed by atoms with van der Waals surface area (Å²) in [6.45, 7) is 8.06. The molecule has 1 aromatic carbocycles. The molecule has 2 atom stereocenters. The van der Waals surface area contributed by atoms with E-state index in [1.54, 1.807) is 0 Å². The first-order chi connectivity index (χ1) is 10.4. The number of piperidine rings is 1. The van der Waals surface area contributed by atoms with Gasteiger partial charge in [-0.3, -0.25) is 4.79 Å². The summed E-state index contributed by atoms with van der Waals surface area (Å²) in [6, 6.07) is 10.1. The fraction of sp³-hybridized carbons (Fsp3) is 0.588. The molecule has 2 N–H and O–H groups in total. The summed E-state index contributed by atoms with van der Waals surface area (Å²) in [5, 5.41) is 6.32. The minimum absolute atomic E-state index is 0.00598. The molecule has 1 aliphatic rings. The Morgan fingerprint density at radius 2 is 2.05 bits per heavy atom. The van der Waals surface area contributed by atoms with Crippen molar-refractivity contribution in [2.24, 2.45) is 0 Å². The Labute approximate surface area is 132 Å². The maximum atomic E-state index is 13.4. The largest absolute Gasteiger partial charge is 0.462 e. The van der Waals surface area contributed by atoms with Gasteiger partial charge in [-0.25, -0.2) is 4.39 Å². The number of hydrogen-bond donors (Lipinski definition) is 2. The highest BCUT2D eigenvalue weighted by molar-refractivity contribution is 5.37. The van der Waals surface area contributed by atoms with Gasteiger partial charge in [0.15, 0.2) is 0 Å². The van der Waals surface area contributed by atoms with Crippen molar-refractivity contribution >= 4 is 6.47 Å². The summed E-state index contributed by atoms with van der Waals surface area (Å²) in [5.41, 5.74) is 0.894. The molecule has 0 bridgehead atoms. The van der Waals surface area contributed by atoms with E-state index in [0.717, 1.165) is 19.5 Å². The molecule has 0 spiro atoms. The summed E-state index contributed by atoms with van der Waals surface area (Å²) >= 11 is 0. The van der Waals surface area contributed by atoms with Crippen LogP contribution in [0, 0.1) is 0 Å². The van der Waals surface area contributed by atoms with Crippen molar-refractivity contribution in [2.45, 2.75) is 51.6 Å². The Bertz CT molecular complexity index is 420. The van der Waals surface area contributed by atoms with Crippen LogP contribution in [0.15, 0.2) is 30.3 Å². The molecule has 4 nitrogen and oxygen atoms in total. The molecule has 0 aliphatic carbocycles. The number of nitrogens with one attached hydrogen (secondary N) is 2. The number of alkyl halides is 1. The maximum Gasteiger partial charge on any atom is 0.293 e. The smallest absolute Gasteiger partial charge is 0.293 e. The third kappa shape index (κ3) is 8.10. The number of carbonyl (C=O) groups is 1. The number of halogens is 1. The Hall–Kier alpha value is -1.46. The van der Waals surface area contributed by atoms with E-state index >= 15 is 0 Å². The van der Waals surface area contributed by atoms with Gasteiger partial charge in [0.25, 0.3) is 6.47 Å². The zero-order valence-electron chi connectivity index (χ0n) is 13.6. The minimum Gasteiger partial charge on any atom is -0.462 e. The lowest BCUT2D eigenvalue weighted by atomic mass is 10.0. The second kappa shape index (κ2) is 9.54. The van der Waals surface area contributed by atoms with Gasteiger partial charge in [0.05, 0.1) is 0 Å². The van der Waals surface area contributed by atoms with Crippen LogP contribution in [0.5, 0.6) is 0 Å². The zero-order chi connectivity index (χ0) is 16.4. The number of ether oxygens (including phenoxy) is 1. The molecular formula is C17H27FN2O2. The molecule has 0 amide bonds. The van der Waals surface area contributed by atoms with Crippen LogP contribution in [0.2, 0.25) is 0 Å². The molecule has 0 saturated carbocycles. The molecule has 1 aromatic rings. The molecule has 0 aromatic heterocycles. The van der Waals surface area contributed by atoms with Gasteiger partial charge in [-0.2, -0.15) is 0 Å². The molecule has 1 fully saturated rings. The van der Waals surface area contributed by atoms with E-state index in [9.17, 15) is 9.18 Å². The quantitative estimate of drug-likeness (QED) is 0.839. The van der Waals surface area contributed by atoms with Crippen LogP contribution in [-0.2, 0) is 16.1 Å². The lowest BCUT2D eigenvalue weighted by molar-refractivity contribution is -0.138. The van der Waals surface area contributed by atoms with E-state index < -0.39 is 6.17 Å². The predicted octanol–water partition coefficient (Wildman–Crippen LogP) is 2.43. The minimum atomic E-state index is -0.762. The van der Waals surface area contributed by atoms with E-state index in [0.29, 0.717) is 13.0 Å². The van der Waals surface area contributed by atoms with Gasteiger partial charge in [-0.15, -0.1) is 0 Å². The monoisotopic (exact) mass is 310 g/mol. The van der Waals surface area contributed by atoms with Crippen molar-refractivity contribution in [3.8, 4) is 0 Å². The number of rotatable bonds is 4. The maximum absolute atomic E-state index is 13.4.